The van der Waals surface area contributed by atoms with E-state index in [0.29, 0.717) is 0 Å². The van der Waals surface area contributed by atoms with Crippen molar-refractivity contribution in [2.75, 3.05) is 0 Å². The summed E-state index contributed by atoms with van der Waals surface area (Å²) < 4.78 is 2.27. The molecule has 0 saturated heterocycles. The first-order valence-corrected chi connectivity index (χ1v) is 10.8. The number of nitriles is 1. The minimum Gasteiger partial charge on any atom is -0.309 e. The van der Waals surface area contributed by atoms with Gasteiger partial charge in [0.25, 0.3) is 0 Å². The third-order valence-corrected chi connectivity index (χ3v) is 5.90. The number of para-hydroxylation sites is 3. The van der Waals surface area contributed by atoms with Crippen LogP contribution in [-0.2, 0) is 0 Å². The average Bonchev–Trinajstić information content (AvgIpc) is 3.23. The highest BCUT2D eigenvalue weighted by Crippen LogP contribution is 2.36. The van der Waals surface area contributed by atoms with Crippen LogP contribution in [0.15, 0.2) is 109 Å². The highest BCUT2D eigenvalue weighted by molar-refractivity contribution is 6.09. The predicted octanol–water partition coefficient (Wildman–Crippen LogP) is 6.78. The molecule has 0 spiro atoms. The van der Waals surface area contributed by atoms with Gasteiger partial charge in [0.2, 0.25) is 5.82 Å². The van der Waals surface area contributed by atoms with Crippen LogP contribution >= 0.6 is 0 Å². The fourth-order valence-corrected chi connectivity index (χ4v) is 4.46. The second kappa shape index (κ2) is 7.74. The summed E-state index contributed by atoms with van der Waals surface area (Å²) in [7, 11) is 0. The van der Waals surface area contributed by atoms with E-state index in [1.54, 1.807) is 0 Å². The van der Waals surface area contributed by atoms with Gasteiger partial charge in [-0.15, -0.1) is 0 Å². The standard InChI is InChI=1S/C29H18N4/c30-19-29-31-24(20-10-2-1-3-11-20)18-25(32-29)23-14-6-9-17-28(23)33-26-15-7-4-12-21(26)22-13-5-8-16-27(22)33/h1-18H. The van der Waals surface area contributed by atoms with Crippen molar-refractivity contribution in [1.29, 1.82) is 5.26 Å². The van der Waals surface area contributed by atoms with Crippen molar-refractivity contribution in [2.45, 2.75) is 0 Å². The second-order valence-electron chi connectivity index (χ2n) is 7.83. The summed E-state index contributed by atoms with van der Waals surface area (Å²) in [4.78, 5) is 9.05. The maximum atomic E-state index is 9.64. The molecular weight excluding hydrogens is 404 g/mol. The Hall–Kier alpha value is -4.75. The van der Waals surface area contributed by atoms with Gasteiger partial charge in [0.05, 0.1) is 28.1 Å². The van der Waals surface area contributed by atoms with Gasteiger partial charge in [-0.2, -0.15) is 5.26 Å². The normalized spacial score (nSPS) is 11.0. The van der Waals surface area contributed by atoms with Crippen LogP contribution in [0.25, 0.3) is 50.0 Å². The fourth-order valence-electron chi connectivity index (χ4n) is 4.46. The summed E-state index contributed by atoms with van der Waals surface area (Å²) in [5.41, 5.74) is 6.61. The Balaban J connectivity index is 1.65. The summed E-state index contributed by atoms with van der Waals surface area (Å²) in [5.74, 6) is 0.156. The van der Waals surface area contributed by atoms with Gasteiger partial charge >= 0.3 is 0 Å². The first-order chi connectivity index (χ1) is 16.3. The third-order valence-electron chi connectivity index (χ3n) is 5.90. The summed E-state index contributed by atoms with van der Waals surface area (Å²) >= 11 is 0. The fraction of sp³-hybridized carbons (Fsp3) is 0. The Bertz CT molecular complexity index is 1620. The first-order valence-electron chi connectivity index (χ1n) is 10.8. The van der Waals surface area contributed by atoms with Crippen LogP contribution in [-0.4, -0.2) is 14.5 Å². The molecule has 0 atom stereocenters. The minimum atomic E-state index is 0.156. The molecule has 4 heteroatoms. The molecule has 4 nitrogen and oxygen atoms in total. The Morgan fingerprint density at radius 1 is 0.606 bits per heavy atom. The Morgan fingerprint density at radius 3 is 1.88 bits per heavy atom. The SMILES string of the molecule is N#Cc1nc(-c2ccccc2)cc(-c2ccccc2-n2c3ccccc3c3ccccc32)n1. The van der Waals surface area contributed by atoms with Crippen molar-refractivity contribution in [2.24, 2.45) is 0 Å². The van der Waals surface area contributed by atoms with Crippen molar-refractivity contribution in [3.05, 3.63) is 115 Å². The van der Waals surface area contributed by atoms with Crippen LogP contribution in [0.4, 0.5) is 0 Å². The summed E-state index contributed by atoms with van der Waals surface area (Å²) in [6, 6.07) is 39.0. The molecule has 0 unspecified atom stereocenters. The lowest BCUT2D eigenvalue weighted by Gasteiger charge is -2.14. The quantitative estimate of drug-likeness (QED) is 0.316. The van der Waals surface area contributed by atoms with Crippen LogP contribution in [0.5, 0.6) is 0 Å². The monoisotopic (exact) mass is 422 g/mol. The summed E-state index contributed by atoms with van der Waals surface area (Å²) in [6.07, 6.45) is 0. The molecule has 6 aromatic rings. The van der Waals surface area contributed by atoms with Crippen molar-refractivity contribution in [3.63, 3.8) is 0 Å². The van der Waals surface area contributed by atoms with Crippen molar-refractivity contribution >= 4 is 21.8 Å². The largest absolute Gasteiger partial charge is 0.309 e. The van der Waals surface area contributed by atoms with E-state index in [-0.39, 0.29) is 5.82 Å². The van der Waals surface area contributed by atoms with E-state index in [2.05, 4.69) is 81.3 Å². The molecule has 154 valence electrons. The molecular formula is C29H18N4. The van der Waals surface area contributed by atoms with Gasteiger partial charge in [-0.25, -0.2) is 9.97 Å². The predicted molar refractivity (Wildman–Crippen MR) is 132 cm³/mol. The number of hydrogen-bond acceptors (Lipinski definition) is 3. The van der Waals surface area contributed by atoms with E-state index in [1.807, 2.05) is 48.5 Å². The Kier molecular flexibility index (Phi) is 4.45. The zero-order valence-corrected chi connectivity index (χ0v) is 17.7. The third kappa shape index (κ3) is 3.15. The molecule has 33 heavy (non-hydrogen) atoms. The maximum absolute atomic E-state index is 9.64. The van der Waals surface area contributed by atoms with Gasteiger partial charge in [-0.1, -0.05) is 84.9 Å². The smallest absolute Gasteiger partial charge is 0.233 e. The van der Waals surface area contributed by atoms with Crippen LogP contribution in [0.2, 0.25) is 0 Å². The number of aromatic nitrogens is 3. The van der Waals surface area contributed by atoms with E-state index in [0.717, 1.165) is 39.2 Å². The molecule has 0 amide bonds. The first kappa shape index (κ1) is 19.0. The van der Waals surface area contributed by atoms with Gasteiger partial charge < -0.3 is 4.57 Å². The molecule has 0 aliphatic rings. The van der Waals surface area contributed by atoms with E-state index >= 15 is 0 Å². The number of rotatable bonds is 3. The Morgan fingerprint density at radius 2 is 1.18 bits per heavy atom. The van der Waals surface area contributed by atoms with Crippen molar-refractivity contribution in [1.82, 2.24) is 14.5 Å². The molecule has 0 N–H and O–H groups in total. The lowest BCUT2D eigenvalue weighted by molar-refractivity contribution is 1.11. The zero-order valence-electron chi connectivity index (χ0n) is 17.7. The molecule has 0 saturated carbocycles. The molecule has 2 aromatic heterocycles. The molecule has 0 aliphatic heterocycles. The van der Waals surface area contributed by atoms with Crippen molar-refractivity contribution < 1.29 is 0 Å². The highest BCUT2D eigenvalue weighted by atomic mass is 15.0. The van der Waals surface area contributed by atoms with Crippen LogP contribution in [0.1, 0.15) is 5.82 Å². The van der Waals surface area contributed by atoms with E-state index in [4.69, 9.17) is 0 Å². The maximum Gasteiger partial charge on any atom is 0.233 e. The summed E-state index contributed by atoms with van der Waals surface area (Å²) in [6.45, 7) is 0. The zero-order chi connectivity index (χ0) is 22.2. The van der Waals surface area contributed by atoms with Gasteiger partial charge in [-0.3, -0.25) is 0 Å². The number of nitrogens with zero attached hydrogens (tertiary/aromatic N) is 4. The van der Waals surface area contributed by atoms with E-state index in [9.17, 15) is 5.26 Å². The number of fused-ring (bicyclic) bond motifs is 3. The minimum absolute atomic E-state index is 0.156. The average molecular weight is 422 g/mol. The van der Waals surface area contributed by atoms with Gasteiger partial charge in [-0.05, 0) is 24.3 Å². The number of hydrogen-bond donors (Lipinski definition) is 0. The van der Waals surface area contributed by atoms with Crippen molar-refractivity contribution in [3.8, 4) is 34.3 Å². The van der Waals surface area contributed by atoms with E-state index in [1.165, 1.54) is 10.8 Å². The molecule has 2 heterocycles. The molecule has 0 fully saturated rings. The molecule has 0 radical (unpaired) electrons. The molecule has 6 rings (SSSR count). The van der Waals surface area contributed by atoms with Gasteiger partial charge in [0, 0.05) is 21.9 Å². The summed E-state index contributed by atoms with van der Waals surface area (Å²) in [5, 5.41) is 12.0. The van der Waals surface area contributed by atoms with Crippen LogP contribution < -0.4 is 0 Å². The van der Waals surface area contributed by atoms with Gasteiger partial charge in [0.1, 0.15) is 6.07 Å². The topological polar surface area (TPSA) is 54.5 Å². The Labute approximate surface area is 191 Å². The second-order valence-corrected chi connectivity index (χ2v) is 7.83. The van der Waals surface area contributed by atoms with Crippen LogP contribution in [0.3, 0.4) is 0 Å². The highest BCUT2D eigenvalue weighted by Gasteiger charge is 2.17. The number of benzene rings is 4. The molecule has 0 aliphatic carbocycles. The molecule has 0 bridgehead atoms. The lowest BCUT2D eigenvalue weighted by atomic mass is 10.1. The van der Waals surface area contributed by atoms with Gasteiger partial charge in [0.15, 0.2) is 0 Å². The van der Waals surface area contributed by atoms with E-state index < -0.39 is 0 Å². The molecule has 4 aromatic carbocycles. The van der Waals surface area contributed by atoms with Crippen LogP contribution in [0, 0.1) is 11.3 Å². The lowest BCUT2D eigenvalue weighted by Crippen LogP contribution is -2.00.